The topological polar surface area (TPSA) is 18.5 Å². The molecule has 0 bridgehead atoms. The quantitative estimate of drug-likeness (QED) is 0.343. The van der Waals surface area contributed by atoms with Crippen LogP contribution in [0.25, 0.3) is 0 Å². The maximum atomic E-state index is 15.2. The lowest BCUT2D eigenvalue weighted by molar-refractivity contribution is 0.0225. The van der Waals surface area contributed by atoms with Crippen molar-refractivity contribution in [3.8, 4) is 0 Å². The highest BCUT2D eigenvalue weighted by molar-refractivity contribution is 6.31. The predicted octanol–water partition coefficient (Wildman–Crippen LogP) is 8.16. The van der Waals surface area contributed by atoms with Gasteiger partial charge >= 0.3 is 0 Å². The predicted molar refractivity (Wildman–Crippen MR) is 123 cm³/mol. The van der Waals surface area contributed by atoms with Crippen LogP contribution in [-0.2, 0) is 9.47 Å². The second-order valence-corrected chi connectivity index (χ2v) is 9.65. The van der Waals surface area contributed by atoms with E-state index in [4.69, 9.17) is 21.1 Å². The Bertz CT molecular complexity index is 634. The maximum Gasteiger partial charge on any atom is 0.145 e. The molecule has 0 amide bonds. The molecule has 0 unspecified atom stereocenters. The lowest BCUT2D eigenvalue weighted by Crippen LogP contribution is -2.22. The third-order valence-corrected chi connectivity index (χ3v) is 7.41. The Kier molecular flexibility index (Phi) is 9.93. The van der Waals surface area contributed by atoms with Crippen molar-refractivity contribution in [3.05, 3.63) is 34.1 Å². The molecular weight excluding hydrogens is 399 g/mol. The summed E-state index contributed by atoms with van der Waals surface area (Å²) in [5, 5.41) is 0.364. The Hall–Kier alpha value is -0.640. The van der Waals surface area contributed by atoms with Gasteiger partial charge in [0.15, 0.2) is 0 Å². The van der Waals surface area contributed by atoms with E-state index in [1.54, 1.807) is 0 Å². The van der Waals surface area contributed by atoms with Gasteiger partial charge < -0.3 is 9.47 Å². The standard InChI is InChI=1S/C26H40ClFO2/c1-3-5-6-18-30-22-13-9-20(10-14-22)24-16-15-23(25(27)26(24)28)19-7-11-21(12-8-19)29-17-4-2/h15-16,19-22H,3-14,17-18H2,1-2H3. The summed E-state index contributed by atoms with van der Waals surface area (Å²) in [7, 11) is 0. The molecule has 2 aliphatic rings. The summed E-state index contributed by atoms with van der Waals surface area (Å²) in [6.07, 6.45) is 13.6. The van der Waals surface area contributed by atoms with Gasteiger partial charge in [-0.15, -0.1) is 0 Å². The molecule has 30 heavy (non-hydrogen) atoms. The normalized spacial score (nSPS) is 27.3. The van der Waals surface area contributed by atoms with Gasteiger partial charge in [-0.2, -0.15) is 0 Å². The molecule has 1 aromatic rings. The number of ether oxygens (including phenoxy) is 2. The smallest absolute Gasteiger partial charge is 0.145 e. The van der Waals surface area contributed by atoms with Crippen LogP contribution in [0.4, 0.5) is 4.39 Å². The van der Waals surface area contributed by atoms with Gasteiger partial charge in [0.05, 0.1) is 17.2 Å². The van der Waals surface area contributed by atoms with Crippen LogP contribution in [0.15, 0.2) is 12.1 Å². The lowest BCUT2D eigenvalue weighted by Gasteiger charge is -2.31. The van der Waals surface area contributed by atoms with Crippen LogP contribution in [0, 0.1) is 5.82 Å². The molecule has 0 spiro atoms. The second kappa shape index (κ2) is 12.4. The molecule has 170 valence electrons. The van der Waals surface area contributed by atoms with Crippen LogP contribution < -0.4 is 0 Å². The highest BCUT2D eigenvalue weighted by Crippen LogP contribution is 2.42. The number of hydrogen-bond donors (Lipinski definition) is 0. The van der Waals surface area contributed by atoms with Crippen molar-refractivity contribution >= 4 is 11.6 Å². The van der Waals surface area contributed by atoms with E-state index in [0.29, 0.717) is 23.1 Å². The Morgan fingerprint density at radius 3 is 1.87 bits per heavy atom. The van der Waals surface area contributed by atoms with E-state index >= 15 is 4.39 Å². The third-order valence-electron chi connectivity index (χ3n) is 7.03. The van der Waals surface area contributed by atoms with Crippen molar-refractivity contribution in [1.82, 2.24) is 0 Å². The maximum absolute atomic E-state index is 15.2. The molecule has 2 fully saturated rings. The first-order valence-electron chi connectivity index (χ1n) is 12.3. The fraction of sp³-hybridized carbons (Fsp3) is 0.769. The van der Waals surface area contributed by atoms with Crippen molar-refractivity contribution in [2.24, 2.45) is 0 Å². The zero-order valence-electron chi connectivity index (χ0n) is 18.9. The average molecular weight is 439 g/mol. The van der Waals surface area contributed by atoms with E-state index < -0.39 is 0 Å². The number of unbranched alkanes of at least 4 members (excludes halogenated alkanes) is 2. The Labute approximate surface area is 187 Å². The molecule has 2 aliphatic carbocycles. The van der Waals surface area contributed by atoms with Gasteiger partial charge in [0.2, 0.25) is 0 Å². The van der Waals surface area contributed by atoms with Gasteiger partial charge in [-0.1, -0.05) is 50.4 Å². The lowest BCUT2D eigenvalue weighted by atomic mass is 9.79. The average Bonchev–Trinajstić information content (AvgIpc) is 2.78. The molecular formula is C26H40ClFO2. The molecule has 1 aromatic carbocycles. The van der Waals surface area contributed by atoms with Gasteiger partial charge in [-0.25, -0.2) is 4.39 Å². The number of benzene rings is 1. The molecule has 0 N–H and O–H groups in total. The van der Waals surface area contributed by atoms with Crippen molar-refractivity contribution in [1.29, 1.82) is 0 Å². The van der Waals surface area contributed by atoms with Crippen molar-refractivity contribution < 1.29 is 13.9 Å². The molecule has 2 saturated carbocycles. The van der Waals surface area contributed by atoms with Crippen LogP contribution >= 0.6 is 11.6 Å². The minimum Gasteiger partial charge on any atom is -0.378 e. The van der Waals surface area contributed by atoms with E-state index in [-0.39, 0.29) is 11.7 Å². The van der Waals surface area contributed by atoms with Gasteiger partial charge in [0.1, 0.15) is 5.82 Å². The summed E-state index contributed by atoms with van der Waals surface area (Å²) in [5.74, 6) is 0.450. The Balaban J connectivity index is 1.53. The monoisotopic (exact) mass is 438 g/mol. The fourth-order valence-corrected chi connectivity index (χ4v) is 5.50. The van der Waals surface area contributed by atoms with E-state index in [0.717, 1.165) is 88.5 Å². The molecule has 2 nitrogen and oxygen atoms in total. The van der Waals surface area contributed by atoms with E-state index in [1.165, 1.54) is 12.8 Å². The first kappa shape index (κ1) is 24.0. The number of halogens is 2. The zero-order chi connectivity index (χ0) is 21.3. The Morgan fingerprint density at radius 2 is 1.30 bits per heavy atom. The van der Waals surface area contributed by atoms with Crippen molar-refractivity contribution in [2.75, 3.05) is 13.2 Å². The first-order valence-corrected chi connectivity index (χ1v) is 12.7. The van der Waals surface area contributed by atoms with Crippen LogP contribution in [0.3, 0.4) is 0 Å². The molecule has 0 aromatic heterocycles. The summed E-state index contributed by atoms with van der Waals surface area (Å²) in [6.45, 7) is 6.06. The largest absolute Gasteiger partial charge is 0.378 e. The Morgan fingerprint density at radius 1 is 0.767 bits per heavy atom. The van der Waals surface area contributed by atoms with Gasteiger partial charge in [-0.3, -0.25) is 0 Å². The molecule has 3 rings (SSSR count). The molecule has 0 aliphatic heterocycles. The first-order chi connectivity index (χ1) is 14.6. The van der Waals surface area contributed by atoms with Gasteiger partial charge in [-0.05, 0) is 87.2 Å². The van der Waals surface area contributed by atoms with Crippen molar-refractivity contribution in [3.63, 3.8) is 0 Å². The van der Waals surface area contributed by atoms with Crippen molar-refractivity contribution in [2.45, 2.75) is 115 Å². The molecule has 4 heteroatoms. The van der Waals surface area contributed by atoms with Crippen LogP contribution in [0.2, 0.25) is 5.02 Å². The molecule has 0 radical (unpaired) electrons. The number of hydrogen-bond acceptors (Lipinski definition) is 2. The highest BCUT2D eigenvalue weighted by atomic mass is 35.5. The van der Waals surface area contributed by atoms with E-state index in [2.05, 4.69) is 19.9 Å². The van der Waals surface area contributed by atoms with E-state index in [1.807, 2.05) is 6.07 Å². The van der Waals surface area contributed by atoms with E-state index in [9.17, 15) is 0 Å². The minimum absolute atomic E-state index is 0.175. The minimum atomic E-state index is -0.175. The second-order valence-electron chi connectivity index (χ2n) is 9.27. The van der Waals surface area contributed by atoms with Gasteiger partial charge in [0, 0.05) is 13.2 Å². The highest BCUT2D eigenvalue weighted by Gasteiger charge is 2.29. The van der Waals surface area contributed by atoms with Crippen LogP contribution in [-0.4, -0.2) is 25.4 Å². The summed E-state index contributed by atoms with van der Waals surface area (Å²) in [5.41, 5.74) is 1.81. The molecule has 0 heterocycles. The summed E-state index contributed by atoms with van der Waals surface area (Å²) in [4.78, 5) is 0. The molecule has 0 atom stereocenters. The van der Waals surface area contributed by atoms with Crippen LogP contribution in [0.1, 0.15) is 114 Å². The third kappa shape index (κ3) is 6.43. The number of rotatable bonds is 10. The SMILES string of the molecule is CCCCCOC1CCC(c2ccc(C3CCC(OCCC)CC3)c(Cl)c2F)CC1. The molecule has 0 saturated heterocycles. The fourth-order valence-electron chi connectivity index (χ4n) is 5.18. The summed E-state index contributed by atoms with van der Waals surface area (Å²) < 4.78 is 27.2. The summed E-state index contributed by atoms with van der Waals surface area (Å²) >= 11 is 6.57. The zero-order valence-corrected chi connectivity index (χ0v) is 19.7. The summed E-state index contributed by atoms with van der Waals surface area (Å²) in [6, 6.07) is 4.12. The van der Waals surface area contributed by atoms with Gasteiger partial charge in [0.25, 0.3) is 0 Å². The van der Waals surface area contributed by atoms with Crippen LogP contribution in [0.5, 0.6) is 0 Å².